The maximum absolute atomic E-state index is 13.4. The lowest BCUT2D eigenvalue weighted by atomic mass is 9.96. The van der Waals surface area contributed by atoms with E-state index in [2.05, 4.69) is 67.8 Å². The summed E-state index contributed by atoms with van der Waals surface area (Å²) in [5, 5.41) is 120. The van der Waals surface area contributed by atoms with Gasteiger partial charge in [-0.2, -0.15) is 0 Å². The zero-order valence-electron chi connectivity index (χ0n) is 56.1. The van der Waals surface area contributed by atoms with Crippen LogP contribution >= 0.6 is 0 Å². The standard InChI is InChI=1S/C72H129NO18/c1-3-5-7-9-11-13-15-17-19-21-22-23-24-25-26-27-28-29-30-31-32-33-34-35-37-39-41-43-45-47-49-56(77)55(73-60(78)50-48-46-44-42-40-38-36-20-18-16-14-12-10-8-6-4-2)54-86-70-66(84)63(81)68(58(52-75)88-70)91-72-67(85)64(82)69(59(53-76)89-72)90-71-65(83)62(80)61(79)57(51-74)87-71/h14,16,20,33-34,36,39,41,47,49,55-59,61-72,74-77,79-85H,3-13,15,17-19,21-32,35,37-38,40,42-46,48,50-54H2,1-2H3,(H,73,78)/b16-14-,34-33+,36-20-,41-39+,49-47+. The van der Waals surface area contributed by atoms with Gasteiger partial charge in [0, 0.05) is 6.42 Å². The van der Waals surface area contributed by atoms with Crippen molar-refractivity contribution in [2.45, 2.75) is 362 Å². The highest BCUT2D eigenvalue weighted by molar-refractivity contribution is 5.76. The van der Waals surface area contributed by atoms with Crippen LogP contribution in [0.4, 0.5) is 0 Å². The molecular weight excluding hydrogens is 1170 g/mol. The van der Waals surface area contributed by atoms with E-state index >= 15 is 0 Å². The van der Waals surface area contributed by atoms with E-state index < -0.39 is 124 Å². The SMILES string of the molecule is CCCCCC/C=C\C/C=C\CCCCCCCC(=O)NC(COC1OC(CO)C(OC2OC(CO)C(OC3OC(CO)C(O)C(O)C3O)C(O)C2O)C(O)C1O)C(O)/C=C/CC/C=C/CC/C=C/CCCCCCCCCCCCCCCCCCCCCC. The molecule has 12 N–H and O–H groups in total. The lowest BCUT2D eigenvalue weighted by Gasteiger charge is -2.48. The Morgan fingerprint density at radius 1 is 0.396 bits per heavy atom. The van der Waals surface area contributed by atoms with E-state index in [-0.39, 0.29) is 18.9 Å². The minimum atomic E-state index is -1.99. The minimum absolute atomic E-state index is 0.214. The second-order valence-corrected chi connectivity index (χ2v) is 25.7. The molecule has 0 bridgehead atoms. The Morgan fingerprint density at radius 3 is 1.18 bits per heavy atom. The van der Waals surface area contributed by atoms with Crippen molar-refractivity contribution in [3.8, 4) is 0 Å². The van der Waals surface area contributed by atoms with Gasteiger partial charge in [0.25, 0.3) is 0 Å². The van der Waals surface area contributed by atoms with Gasteiger partial charge < -0.3 is 89.9 Å². The molecule has 0 aliphatic carbocycles. The molecule has 0 aromatic carbocycles. The number of aliphatic hydroxyl groups is 11. The van der Waals surface area contributed by atoms with E-state index in [1.807, 2.05) is 6.08 Å². The first kappa shape index (κ1) is 82.7. The molecule has 0 aromatic heterocycles. The molecule has 3 saturated heterocycles. The van der Waals surface area contributed by atoms with Crippen molar-refractivity contribution in [3.05, 3.63) is 60.8 Å². The molecule has 3 aliphatic rings. The number of nitrogens with one attached hydrogen (secondary N) is 1. The van der Waals surface area contributed by atoms with Crippen LogP contribution in [0.2, 0.25) is 0 Å². The summed E-state index contributed by atoms with van der Waals surface area (Å²) in [5.41, 5.74) is 0. The number of ether oxygens (including phenoxy) is 6. The average Bonchev–Trinajstić information content (AvgIpc) is 0.851. The molecule has 530 valence electrons. The summed E-state index contributed by atoms with van der Waals surface area (Å²) in [5.74, 6) is -0.304. The molecule has 17 unspecified atom stereocenters. The molecule has 0 spiro atoms. The van der Waals surface area contributed by atoms with Gasteiger partial charge in [-0.25, -0.2) is 0 Å². The monoisotopic (exact) mass is 1300 g/mol. The third-order valence-corrected chi connectivity index (χ3v) is 17.8. The first-order valence-electron chi connectivity index (χ1n) is 36.0. The van der Waals surface area contributed by atoms with Crippen LogP contribution in [-0.2, 0) is 33.2 Å². The van der Waals surface area contributed by atoms with Gasteiger partial charge in [-0.3, -0.25) is 4.79 Å². The molecule has 1 amide bonds. The zero-order chi connectivity index (χ0) is 66.1. The van der Waals surface area contributed by atoms with Crippen molar-refractivity contribution in [1.29, 1.82) is 0 Å². The Hall–Kier alpha value is -2.51. The van der Waals surface area contributed by atoms with Crippen LogP contribution < -0.4 is 5.32 Å². The molecule has 17 atom stereocenters. The van der Waals surface area contributed by atoms with E-state index in [9.17, 15) is 61.0 Å². The maximum atomic E-state index is 13.4. The van der Waals surface area contributed by atoms with Crippen LogP contribution in [-0.4, -0.2) is 193 Å². The maximum Gasteiger partial charge on any atom is 0.220 e. The van der Waals surface area contributed by atoms with Crippen molar-refractivity contribution in [3.63, 3.8) is 0 Å². The van der Waals surface area contributed by atoms with Crippen molar-refractivity contribution in [2.75, 3.05) is 26.4 Å². The molecular formula is C72H129NO18. The lowest BCUT2D eigenvalue weighted by molar-refractivity contribution is -0.379. The second-order valence-electron chi connectivity index (χ2n) is 25.7. The summed E-state index contributed by atoms with van der Waals surface area (Å²) >= 11 is 0. The summed E-state index contributed by atoms with van der Waals surface area (Å²) in [7, 11) is 0. The first-order chi connectivity index (χ1) is 44.3. The third-order valence-electron chi connectivity index (χ3n) is 17.8. The molecule has 0 radical (unpaired) electrons. The van der Waals surface area contributed by atoms with Gasteiger partial charge in [0.1, 0.15) is 73.2 Å². The van der Waals surface area contributed by atoms with Crippen LogP contribution in [0.1, 0.15) is 258 Å². The number of hydrogen-bond donors (Lipinski definition) is 12. The van der Waals surface area contributed by atoms with Crippen molar-refractivity contribution < 1.29 is 89.4 Å². The predicted molar refractivity (Wildman–Crippen MR) is 355 cm³/mol. The Morgan fingerprint density at radius 2 is 0.736 bits per heavy atom. The van der Waals surface area contributed by atoms with Crippen LogP contribution in [0.3, 0.4) is 0 Å². The fourth-order valence-electron chi connectivity index (χ4n) is 11.9. The second kappa shape index (κ2) is 53.6. The van der Waals surface area contributed by atoms with Gasteiger partial charge in [-0.05, 0) is 77.0 Å². The van der Waals surface area contributed by atoms with E-state index in [0.29, 0.717) is 12.8 Å². The number of carbonyl (C=O) groups is 1. The van der Waals surface area contributed by atoms with E-state index in [0.717, 1.165) is 70.6 Å². The molecule has 0 saturated carbocycles. The Labute approximate surface area is 547 Å². The summed E-state index contributed by atoms with van der Waals surface area (Å²) in [6.07, 6.45) is 39.3. The smallest absolute Gasteiger partial charge is 0.220 e. The fourth-order valence-corrected chi connectivity index (χ4v) is 11.9. The highest BCUT2D eigenvalue weighted by atomic mass is 16.8. The number of aliphatic hydroxyl groups excluding tert-OH is 11. The first-order valence-corrected chi connectivity index (χ1v) is 36.0. The normalized spacial score (nSPS) is 28.2. The van der Waals surface area contributed by atoms with Gasteiger partial charge in [0.15, 0.2) is 18.9 Å². The van der Waals surface area contributed by atoms with E-state index in [1.165, 1.54) is 154 Å². The van der Waals surface area contributed by atoms with Crippen LogP contribution in [0, 0.1) is 0 Å². The Kier molecular flexibility index (Phi) is 48.7. The van der Waals surface area contributed by atoms with Gasteiger partial charge in [0.05, 0.1) is 38.6 Å². The molecule has 3 aliphatic heterocycles. The van der Waals surface area contributed by atoms with Crippen molar-refractivity contribution >= 4 is 5.91 Å². The fraction of sp³-hybridized carbons (Fsp3) is 0.847. The van der Waals surface area contributed by atoms with E-state index in [1.54, 1.807) is 6.08 Å². The van der Waals surface area contributed by atoms with Crippen LogP contribution in [0.25, 0.3) is 0 Å². The van der Waals surface area contributed by atoms with Gasteiger partial charge >= 0.3 is 0 Å². The molecule has 19 heteroatoms. The quantitative estimate of drug-likeness (QED) is 0.0199. The van der Waals surface area contributed by atoms with E-state index in [4.69, 9.17) is 28.4 Å². The number of hydrogen-bond acceptors (Lipinski definition) is 18. The largest absolute Gasteiger partial charge is 0.394 e. The lowest BCUT2D eigenvalue weighted by Crippen LogP contribution is -2.66. The van der Waals surface area contributed by atoms with Crippen molar-refractivity contribution in [2.24, 2.45) is 0 Å². The topological polar surface area (TPSA) is 307 Å². The summed E-state index contributed by atoms with van der Waals surface area (Å²) in [6.45, 7) is 1.69. The van der Waals surface area contributed by atoms with Gasteiger partial charge in [-0.15, -0.1) is 0 Å². The highest BCUT2D eigenvalue weighted by Crippen LogP contribution is 2.33. The minimum Gasteiger partial charge on any atom is -0.394 e. The molecule has 3 fully saturated rings. The van der Waals surface area contributed by atoms with Gasteiger partial charge in [0.2, 0.25) is 5.91 Å². The zero-order valence-corrected chi connectivity index (χ0v) is 56.1. The molecule has 3 heterocycles. The summed E-state index contributed by atoms with van der Waals surface area (Å²) in [6, 6.07) is -1.01. The highest BCUT2D eigenvalue weighted by Gasteiger charge is 2.53. The number of amides is 1. The number of carbonyl (C=O) groups excluding carboxylic acids is 1. The third kappa shape index (κ3) is 35.4. The molecule has 19 nitrogen and oxygen atoms in total. The van der Waals surface area contributed by atoms with Crippen LogP contribution in [0.5, 0.6) is 0 Å². The number of allylic oxidation sites excluding steroid dienone is 9. The summed E-state index contributed by atoms with van der Waals surface area (Å²) in [4.78, 5) is 13.4. The molecule has 3 rings (SSSR count). The number of unbranched alkanes of at least 4 members (excludes halogenated alkanes) is 31. The number of rotatable bonds is 55. The summed E-state index contributed by atoms with van der Waals surface area (Å²) < 4.78 is 34.3. The molecule has 0 aromatic rings. The Balaban J connectivity index is 1.43. The van der Waals surface area contributed by atoms with Crippen LogP contribution in [0.15, 0.2) is 60.8 Å². The molecule has 91 heavy (non-hydrogen) atoms. The average molecular weight is 1300 g/mol. The predicted octanol–water partition coefficient (Wildman–Crippen LogP) is 9.94. The van der Waals surface area contributed by atoms with Gasteiger partial charge in [-0.1, -0.05) is 235 Å². The Bertz CT molecular complexity index is 1890. The van der Waals surface area contributed by atoms with Crippen molar-refractivity contribution in [1.82, 2.24) is 5.32 Å².